The number of hydrogen-bond acceptors (Lipinski definition) is 4. The first-order valence-corrected chi connectivity index (χ1v) is 8.55. The van der Waals surface area contributed by atoms with Crippen molar-refractivity contribution in [2.75, 3.05) is 6.54 Å². The lowest BCUT2D eigenvalue weighted by molar-refractivity contribution is -0.139. The maximum absolute atomic E-state index is 12.2. The highest BCUT2D eigenvalue weighted by atomic mass is 16.5. The molecule has 0 aliphatic carbocycles. The first kappa shape index (κ1) is 20.0. The minimum absolute atomic E-state index is 0.0299. The minimum atomic E-state index is -1.21. The van der Waals surface area contributed by atoms with Gasteiger partial charge in [-0.3, -0.25) is 9.59 Å². The van der Waals surface area contributed by atoms with E-state index in [-0.39, 0.29) is 6.61 Å². The summed E-state index contributed by atoms with van der Waals surface area (Å²) in [6, 6.07) is 17.4. The van der Waals surface area contributed by atoms with E-state index in [1.54, 1.807) is 12.1 Å². The zero-order valence-electron chi connectivity index (χ0n) is 14.8. The number of aliphatic carboxylic acids is 1. The average Bonchev–Trinajstić information content (AvgIpc) is 2.67. The monoisotopic (exact) mass is 370 g/mol. The summed E-state index contributed by atoms with van der Waals surface area (Å²) in [6.07, 6.45) is -0.772. The van der Waals surface area contributed by atoms with Crippen LogP contribution in [0.5, 0.6) is 0 Å². The molecule has 2 aromatic rings. The Kier molecular flexibility index (Phi) is 7.84. The molecule has 0 fully saturated rings. The normalized spacial score (nSPS) is 11.3. The molecule has 1 atom stereocenters. The number of ether oxygens (including phenoxy) is 1. The van der Waals surface area contributed by atoms with Crippen LogP contribution in [0.15, 0.2) is 60.7 Å². The molecular formula is C20H22N2O5. The lowest BCUT2D eigenvalue weighted by atomic mass is 10.1. The molecule has 0 saturated heterocycles. The number of rotatable bonds is 9. The van der Waals surface area contributed by atoms with Gasteiger partial charge in [0.15, 0.2) is 0 Å². The second-order valence-electron chi connectivity index (χ2n) is 5.88. The first-order chi connectivity index (χ1) is 13.0. The Balaban J connectivity index is 1.82. The molecule has 0 aliphatic rings. The van der Waals surface area contributed by atoms with Crippen molar-refractivity contribution in [1.82, 2.24) is 10.6 Å². The molecular weight excluding hydrogens is 348 g/mol. The van der Waals surface area contributed by atoms with Crippen molar-refractivity contribution in [3.8, 4) is 0 Å². The molecule has 0 heterocycles. The second-order valence-corrected chi connectivity index (χ2v) is 5.88. The predicted molar refractivity (Wildman–Crippen MR) is 99.0 cm³/mol. The number of carbonyl (C=O) groups excluding carboxylic acids is 2. The summed E-state index contributed by atoms with van der Waals surface area (Å²) >= 11 is 0. The van der Waals surface area contributed by atoms with E-state index < -0.39 is 30.4 Å². The number of benzene rings is 2. The summed E-state index contributed by atoms with van der Waals surface area (Å²) in [5, 5.41) is 13.9. The van der Waals surface area contributed by atoms with Gasteiger partial charge in [0.1, 0.15) is 12.6 Å². The SMILES string of the molecule is O=C(O)C[C@H](NC(=O)OCc1ccccc1)C(=O)NCCc1ccccc1. The van der Waals surface area contributed by atoms with Crippen molar-refractivity contribution >= 4 is 18.0 Å². The number of carboxylic acid groups (broad SMARTS) is 1. The van der Waals surface area contributed by atoms with Crippen LogP contribution in [-0.4, -0.2) is 35.7 Å². The summed E-state index contributed by atoms with van der Waals surface area (Å²) < 4.78 is 5.04. The van der Waals surface area contributed by atoms with E-state index in [4.69, 9.17) is 9.84 Å². The van der Waals surface area contributed by atoms with Gasteiger partial charge in [-0.2, -0.15) is 0 Å². The molecule has 7 nitrogen and oxygen atoms in total. The van der Waals surface area contributed by atoms with Gasteiger partial charge in [0.25, 0.3) is 0 Å². The fourth-order valence-electron chi connectivity index (χ4n) is 2.39. The topological polar surface area (TPSA) is 105 Å². The maximum atomic E-state index is 12.2. The molecule has 3 N–H and O–H groups in total. The molecule has 2 amide bonds. The Morgan fingerprint density at radius 3 is 2.11 bits per heavy atom. The molecule has 27 heavy (non-hydrogen) atoms. The fourth-order valence-corrected chi connectivity index (χ4v) is 2.39. The second kappa shape index (κ2) is 10.6. The smallest absolute Gasteiger partial charge is 0.408 e. The van der Waals surface area contributed by atoms with Crippen molar-refractivity contribution in [2.24, 2.45) is 0 Å². The Bertz CT molecular complexity index is 749. The van der Waals surface area contributed by atoms with E-state index in [0.29, 0.717) is 13.0 Å². The Labute approximate surface area is 157 Å². The van der Waals surface area contributed by atoms with E-state index in [0.717, 1.165) is 11.1 Å². The third-order valence-electron chi connectivity index (χ3n) is 3.76. The predicted octanol–water partition coefficient (Wildman–Crippen LogP) is 2.11. The van der Waals surface area contributed by atoms with Crippen molar-refractivity contribution in [2.45, 2.75) is 25.5 Å². The molecule has 2 aromatic carbocycles. The molecule has 0 aromatic heterocycles. The minimum Gasteiger partial charge on any atom is -0.481 e. The summed E-state index contributed by atoms with van der Waals surface area (Å²) in [7, 11) is 0. The van der Waals surface area contributed by atoms with Gasteiger partial charge in [-0.1, -0.05) is 60.7 Å². The Hall–Kier alpha value is -3.35. The van der Waals surface area contributed by atoms with Gasteiger partial charge in [0.2, 0.25) is 5.91 Å². The van der Waals surface area contributed by atoms with Crippen molar-refractivity contribution in [3.05, 3.63) is 71.8 Å². The van der Waals surface area contributed by atoms with Gasteiger partial charge in [0, 0.05) is 6.54 Å². The van der Waals surface area contributed by atoms with Crippen molar-refractivity contribution in [3.63, 3.8) is 0 Å². The zero-order valence-corrected chi connectivity index (χ0v) is 14.8. The zero-order chi connectivity index (χ0) is 19.5. The van der Waals surface area contributed by atoms with E-state index >= 15 is 0 Å². The summed E-state index contributed by atoms with van der Waals surface area (Å²) in [5.74, 6) is -1.76. The highest BCUT2D eigenvalue weighted by Crippen LogP contribution is 2.02. The molecule has 0 radical (unpaired) electrons. The lowest BCUT2D eigenvalue weighted by Crippen LogP contribution is -2.48. The van der Waals surface area contributed by atoms with Gasteiger partial charge >= 0.3 is 12.1 Å². The Morgan fingerprint density at radius 1 is 0.926 bits per heavy atom. The average molecular weight is 370 g/mol. The van der Waals surface area contributed by atoms with Crippen LogP contribution in [0.3, 0.4) is 0 Å². The van der Waals surface area contributed by atoms with Crippen LogP contribution in [0.25, 0.3) is 0 Å². The van der Waals surface area contributed by atoms with Gasteiger partial charge in [-0.15, -0.1) is 0 Å². The molecule has 2 rings (SSSR count). The molecule has 0 unspecified atom stereocenters. The molecule has 142 valence electrons. The summed E-state index contributed by atoms with van der Waals surface area (Å²) in [5.41, 5.74) is 1.83. The van der Waals surface area contributed by atoms with Crippen LogP contribution in [-0.2, 0) is 27.4 Å². The van der Waals surface area contributed by atoms with Crippen LogP contribution < -0.4 is 10.6 Å². The first-order valence-electron chi connectivity index (χ1n) is 8.55. The molecule has 0 bridgehead atoms. The summed E-state index contributed by atoms with van der Waals surface area (Å²) in [6.45, 7) is 0.363. The highest BCUT2D eigenvalue weighted by molar-refractivity contribution is 5.89. The van der Waals surface area contributed by atoms with Gasteiger partial charge in [-0.05, 0) is 17.5 Å². The van der Waals surface area contributed by atoms with Crippen LogP contribution >= 0.6 is 0 Å². The number of carbonyl (C=O) groups is 3. The molecule has 0 saturated carbocycles. The van der Waals surface area contributed by atoms with Crippen LogP contribution in [0.2, 0.25) is 0 Å². The highest BCUT2D eigenvalue weighted by Gasteiger charge is 2.24. The standard InChI is InChI=1S/C20H22N2O5/c23-18(24)13-17(19(25)21-12-11-15-7-3-1-4-8-15)22-20(26)27-14-16-9-5-2-6-10-16/h1-10,17H,11-14H2,(H,21,25)(H,22,26)(H,23,24)/t17-/m0/s1. The third-order valence-corrected chi connectivity index (χ3v) is 3.76. The van der Waals surface area contributed by atoms with Gasteiger partial charge < -0.3 is 20.5 Å². The van der Waals surface area contributed by atoms with E-state index in [2.05, 4.69) is 10.6 Å². The lowest BCUT2D eigenvalue weighted by Gasteiger charge is -2.17. The molecule has 0 aliphatic heterocycles. The van der Waals surface area contributed by atoms with Crippen molar-refractivity contribution in [1.29, 1.82) is 0 Å². The maximum Gasteiger partial charge on any atom is 0.408 e. The number of nitrogens with one attached hydrogen (secondary N) is 2. The third kappa shape index (κ3) is 7.60. The Morgan fingerprint density at radius 2 is 1.52 bits per heavy atom. The fraction of sp³-hybridized carbons (Fsp3) is 0.250. The van der Waals surface area contributed by atoms with Gasteiger partial charge in [0.05, 0.1) is 6.42 Å². The molecule has 7 heteroatoms. The van der Waals surface area contributed by atoms with Crippen molar-refractivity contribution < 1.29 is 24.2 Å². The summed E-state index contributed by atoms with van der Waals surface area (Å²) in [4.78, 5) is 35.1. The van der Waals surface area contributed by atoms with Crippen LogP contribution in [0.1, 0.15) is 17.5 Å². The van der Waals surface area contributed by atoms with E-state index in [1.807, 2.05) is 48.5 Å². The largest absolute Gasteiger partial charge is 0.481 e. The van der Waals surface area contributed by atoms with Crippen LogP contribution in [0, 0.1) is 0 Å². The van der Waals surface area contributed by atoms with E-state index in [9.17, 15) is 14.4 Å². The molecule has 0 spiro atoms. The quantitative estimate of drug-likeness (QED) is 0.627. The number of hydrogen-bond donors (Lipinski definition) is 3. The van der Waals surface area contributed by atoms with Crippen LogP contribution in [0.4, 0.5) is 4.79 Å². The number of carboxylic acids is 1. The number of alkyl carbamates (subject to hydrolysis) is 1. The van der Waals surface area contributed by atoms with Gasteiger partial charge in [-0.25, -0.2) is 4.79 Å². The number of amides is 2. The van der Waals surface area contributed by atoms with E-state index in [1.165, 1.54) is 0 Å².